The van der Waals surface area contributed by atoms with Crippen molar-refractivity contribution < 1.29 is 4.57 Å². The van der Waals surface area contributed by atoms with E-state index in [1.54, 1.807) is 6.08 Å². The highest BCUT2D eigenvalue weighted by molar-refractivity contribution is 7.68. The van der Waals surface area contributed by atoms with Crippen LogP contribution in [-0.2, 0) is 4.57 Å². The lowest BCUT2D eigenvalue weighted by atomic mass is 10.4. The van der Waals surface area contributed by atoms with Gasteiger partial charge in [0.1, 0.15) is 7.14 Å². The van der Waals surface area contributed by atoms with Crippen LogP contribution >= 0.6 is 7.14 Å². The molecular weight excluding hydrogens is 179 g/mol. The number of hydrogen-bond acceptors (Lipinski definition) is 1. The quantitative estimate of drug-likeness (QED) is 0.495. The molecule has 72 valence electrons. The van der Waals surface area contributed by atoms with E-state index in [2.05, 4.69) is 6.58 Å². The van der Waals surface area contributed by atoms with Crippen molar-refractivity contribution in [3.8, 4) is 0 Å². The summed E-state index contributed by atoms with van der Waals surface area (Å²) in [6.07, 6.45) is 11.6. The van der Waals surface area contributed by atoms with E-state index in [4.69, 9.17) is 0 Å². The van der Waals surface area contributed by atoms with E-state index in [-0.39, 0.29) is 0 Å². The van der Waals surface area contributed by atoms with Crippen molar-refractivity contribution in [2.75, 3.05) is 12.3 Å². The zero-order valence-electron chi connectivity index (χ0n) is 8.20. The van der Waals surface area contributed by atoms with Crippen LogP contribution in [-0.4, -0.2) is 12.3 Å². The fourth-order valence-electron chi connectivity index (χ4n) is 1.67. The van der Waals surface area contributed by atoms with Crippen LogP contribution in [0.3, 0.4) is 0 Å². The second-order valence-electron chi connectivity index (χ2n) is 3.37. The average molecular weight is 196 g/mol. The maximum atomic E-state index is 12.3. The molecule has 0 aromatic carbocycles. The van der Waals surface area contributed by atoms with Gasteiger partial charge in [0.2, 0.25) is 0 Å². The van der Waals surface area contributed by atoms with E-state index in [1.165, 1.54) is 0 Å². The van der Waals surface area contributed by atoms with Gasteiger partial charge < -0.3 is 4.57 Å². The highest BCUT2D eigenvalue weighted by atomic mass is 31.2. The molecule has 0 aliphatic carbocycles. The molecule has 1 heterocycles. The molecule has 1 aliphatic heterocycles. The monoisotopic (exact) mass is 196 g/mol. The molecule has 13 heavy (non-hydrogen) atoms. The molecule has 0 radical (unpaired) electrons. The van der Waals surface area contributed by atoms with Crippen molar-refractivity contribution in [1.29, 1.82) is 0 Å². The lowest BCUT2D eigenvalue weighted by Crippen LogP contribution is -1.86. The summed E-state index contributed by atoms with van der Waals surface area (Å²) in [7, 11) is -2.02. The average Bonchev–Trinajstić information content (AvgIpc) is 2.54. The summed E-state index contributed by atoms with van der Waals surface area (Å²) in [6.45, 7) is 5.69. The first-order chi connectivity index (χ1) is 6.23. The Kier molecular flexibility index (Phi) is 3.74. The molecule has 0 amide bonds. The van der Waals surface area contributed by atoms with Crippen LogP contribution in [0.15, 0.2) is 36.2 Å². The first-order valence-electron chi connectivity index (χ1n) is 4.77. The van der Waals surface area contributed by atoms with Gasteiger partial charge in [-0.1, -0.05) is 30.9 Å². The van der Waals surface area contributed by atoms with Crippen LogP contribution in [0.2, 0.25) is 0 Å². The molecule has 0 N–H and O–H groups in total. The van der Waals surface area contributed by atoms with E-state index < -0.39 is 7.14 Å². The first kappa shape index (κ1) is 10.5. The van der Waals surface area contributed by atoms with Gasteiger partial charge in [-0.05, 0) is 19.8 Å². The summed E-state index contributed by atoms with van der Waals surface area (Å²) >= 11 is 0. The van der Waals surface area contributed by atoms with Gasteiger partial charge in [0.05, 0.1) is 0 Å². The fraction of sp³-hybridized carbons (Fsp3) is 0.455. The van der Waals surface area contributed by atoms with E-state index in [0.29, 0.717) is 0 Å². The third-order valence-corrected chi connectivity index (χ3v) is 5.78. The fourth-order valence-corrected chi connectivity index (χ4v) is 4.57. The van der Waals surface area contributed by atoms with Gasteiger partial charge in [0.15, 0.2) is 0 Å². The van der Waals surface area contributed by atoms with Gasteiger partial charge >= 0.3 is 0 Å². The molecule has 1 nitrogen and oxygen atoms in total. The third kappa shape index (κ3) is 2.45. The maximum Gasteiger partial charge on any atom is 0.115 e. The van der Waals surface area contributed by atoms with E-state index in [1.807, 2.05) is 25.2 Å². The van der Waals surface area contributed by atoms with Crippen molar-refractivity contribution in [1.82, 2.24) is 0 Å². The van der Waals surface area contributed by atoms with Gasteiger partial charge in [-0.25, -0.2) is 0 Å². The van der Waals surface area contributed by atoms with Crippen LogP contribution in [0.25, 0.3) is 0 Å². The van der Waals surface area contributed by atoms with E-state index >= 15 is 0 Å². The first-order valence-corrected chi connectivity index (χ1v) is 6.85. The second kappa shape index (κ2) is 4.62. The Bertz CT molecular complexity index is 276. The minimum atomic E-state index is -2.02. The van der Waals surface area contributed by atoms with Gasteiger partial charge in [-0.2, -0.15) is 0 Å². The number of allylic oxidation sites excluding steroid dienone is 5. The largest absolute Gasteiger partial charge is 0.319 e. The molecule has 1 rings (SSSR count). The third-order valence-electron chi connectivity index (χ3n) is 2.43. The highest BCUT2D eigenvalue weighted by Crippen LogP contribution is 2.59. The van der Waals surface area contributed by atoms with E-state index in [0.717, 1.165) is 30.5 Å². The predicted molar refractivity (Wildman–Crippen MR) is 59.7 cm³/mol. The van der Waals surface area contributed by atoms with Crippen molar-refractivity contribution >= 4 is 7.14 Å². The van der Waals surface area contributed by atoms with Crippen LogP contribution < -0.4 is 0 Å². The van der Waals surface area contributed by atoms with E-state index in [9.17, 15) is 4.57 Å². The van der Waals surface area contributed by atoms with Crippen LogP contribution in [0.5, 0.6) is 0 Å². The molecule has 1 aliphatic rings. The topological polar surface area (TPSA) is 17.1 Å². The zero-order valence-corrected chi connectivity index (χ0v) is 9.09. The Morgan fingerprint density at radius 1 is 1.38 bits per heavy atom. The van der Waals surface area contributed by atoms with Gasteiger partial charge in [-0.15, -0.1) is 0 Å². The molecule has 0 aromatic heterocycles. The van der Waals surface area contributed by atoms with Crippen LogP contribution in [0.1, 0.15) is 19.8 Å². The molecule has 0 saturated carbocycles. The smallest absolute Gasteiger partial charge is 0.115 e. The Balaban J connectivity index is 2.88. The summed E-state index contributed by atoms with van der Waals surface area (Å²) in [5.74, 6) is 0. The lowest BCUT2D eigenvalue weighted by Gasteiger charge is -2.10. The Morgan fingerprint density at radius 3 is 2.46 bits per heavy atom. The molecule has 0 bridgehead atoms. The van der Waals surface area contributed by atoms with Crippen molar-refractivity contribution in [2.24, 2.45) is 0 Å². The van der Waals surface area contributed by atoms with Crippen LogP contribution in [0.4, 0.5) is 0 Å². The van der Waals surface area contributed by atoms with Crippen molar-refractivity contribution in [2.45, 2.75) is 19.8 Å². The standard InChI is InChI=1S/C11H17OP/c1-3-5-8-11(4-2)13(12)9-6-7-10-13/h3-5,8H,2,6-7,9-10H2,1H3/b5-3-,11-8+. The van der Waals surface area contributed by atoms with Crippen molar-refractivity contribution in [3.63, 3.8) is 0 Å². The normalized spacial score (nSPS) is 22.4. The molecule has 0 unspecified atom stereocenters. The molecule has 1 saturated heterocycles. The maximum absolute atomic E-state index is 12.3. The SMILES string of the molecule is C=C/C(=C\C=C/C)P1(=O)CCCC1. The lowest BCUT2D eigenvalue weighted by molar-refractivity contribution is 0.583. The Labute approximate surface area is 80.6 Å². The minimum absolute atomic E-state index is 0.877. The molecule has 0 spiro atoms. The number of hydrogen-bond donors (Lipinski definition) is 0. The summed E-state index contributed by atoms with van der Waals surface area (Å²) in [5.41, 5.74) is 0. The van der Waals surface area contributed by atoms with Gasteiger partial charge in [0, 0.05) is 17.6 Å². The summed E-state index contributed by atoms with van der Waals surface area (Å²) < 4.78 is 12.3. The molecule has 0 atom stereocenters. The second-order valence-corrected chi connectivity index (χ2v) is 6.55. The van der Waals surface area contributed by atoms with Crippen LogP contribution in [0, 0.1) is 0 Å². The summed E-state index contributed by atoms with van der Waals surface area (Å²) in [6, 6.07) is 0. The summed E-state index contributed by atoms with van der Waals surface area (Å²) in [4.78, 5) is 0. The minimum Gasteiger partial charge on any atom is -0.319 e. The molecule has 1 fully saturated rings. The predicted octanol–water partition coefficient (Wildman–Crippen LogP) is 3.79. The Morgan fingerprint density at radius 2 is 2.00 bits per heavy atom. The highest BCUT2D eigenvalue weighted by Gasteiger charge is 2.28. The zero-order chi connectivity index (χ0) is 9.73. The van der Waals surface area contributed by atoms with Crippen molar-refractivity contribution in [3.05, 3.63) is 36.2 Å². The molecular formula is C11H17OP. The van der Waals surface area contributed by atoms with Gasteiger partial charge in [-0.3, -0.25) is 0 Å². The molecule has 0 aromatic rings. The van der Waals surface area contributed by atoms with Gasteiger partial charge in [0.25, 0.3) is 0 Å². The molecule has 2 heteroatoms. The summed E-state index contributed by atoms with van der Waals surface area (Å²) in [5, 5.41) is 0.961. The number of rotatable bonds is 3. The Hall–Kier alpha value is -0.550.